The SMILES string of the molecule is Cc1cc(C)nc(SCC(=O)Nc2c(Cl)cccc2Cl)n1. The first kappa shape index (κ1) is 16.1. The van der Waals surface area contributed by atoms with Gasteiger partial charge in [-0.05, 0) is 32.0 Å². The number of nitrogens with one attached hydrogen (secondary N) is 1. The van der Waals surface area contributed by atoms with Crippen LogP contribution in [0.4, 0.5) is 5.69 Å². The number of rotatable bonds is 4. The van der Waals surface area contributed by atoms with Crippen molar-refractivity contribution in [2.45, 2.75) is 19.0 Å². The molecule has 110 valence electrons. The molecule has 7 heteroatoms. The van der Waals surface area contributed by atoms with E-state index in [0.29, 0.717) is 20.9 Å². The lowest BCUT2D eigenvalue weighted by Crippen LogP contribution is -2.15. The van der Waals surface area contributed by atoms with E-state index in [9.17, 15) is 4.79 Å². The van der Waals surface area contributed by atoms with Gasteiger partial charge < -0.3 is 5.32 Å². The molecule has 1 amide bonds. The van der Waals surface area contributed by atoms with Gasteiger partial charge in [-0.3, -0.25) is 4.79 Å². The molecule has 1 aromatic carbocycles. The maximum absolute atomic E-state index is 12.0. The summed E-state index contributed by atoms with van der Waals surface area (Å²) in [5.74, 6) is -0.0254. The number of carbonyl (C=O) groups excluding carboxylic acids is 1. The molecule has 0 fully saturated rings. The fraction of sp³-hybridized carbons (Fsp3) is 0.214. The molecule has 0 atom stereocenters. The normalized spacial score (nSPS) is 10.5. The molecule has 0 aliphatic carbocycles. The predicted octanol–water partition coefficient (Wildman–Crippen LogP) is 4.13. The van der Waals surface area contributed by atoms with E-state index in [1.165, 1.54) is 11.8 Å². The van der Waals surface area contributed by atoms with Crippen LogP contribution in [-0.2, 0) is 4.79 Å². The molecule has 4 nitrogen and oxygen atoms in total. The van der Waals surface area contributed by atoms with Crippen LogP contribution in [0.5, 0.6) is 0 Å². The van der Waals surface area contributed by atoms with Crippen molar-refractivity contribution in [2.24, 2.45) is 0 Å². The second-order valence-electron chi connectivity index (χ2n) is 4.37. The Morgan fingerprint density at radius 3 is 2.33 bits per heavy atom. The summed E-state index contributed by atoms with van der Waals surface area (Å²) in [4.78, 5) is 20.5. The van der Waals surface area contributed by atoms with E-state index in [-0.39, 0.29) is 11.7 Å². The van der Waals surface area contributed by atoms with Crippen molar-refractivity contribution in [1.29, 1.82) is 0 Å². The minimum atomic E-state index is -0.210. The highest BCUT2D eigenvalue weighted by molar-refractivity contribution is 7.99. The number of para-hydroxylation sites is 1. The van der Waals surface area contributed by atoms with Crippen LogP contribution in [0.1, 0.15) is 11.4 Å². The quantitative estimate of drug-likeness (QED) is 0.670. The van der Waals surface area contributed by atoms with Gasteiger partial charge in [0.1, 0.15) is 0 Å². The van der Waals surface area contributed by atoms with E-state index < -0.39 is 0 Å². The Balaban J connectivity index is 1.99. The number of benzene rings is 1. The van der Waals surface area contributed by atoms with Crippen molar-refractivity contribution in [3.8, 4) is 0 Å². The topological polar surface area (TPSA) is 54.9 Å². The molecule has 0 bridgehead atoms. The molecular weight excluding hydrogens is 329 g/mol. The van der Waals surface area contributed by atoms with Gasteiger partial charge in [-0.25, -0.2) is 9.97 Å². The lowest BCUT2D eigenvalue weighted by atomic mass is 10.3. The van der Waals surface area contributed by atoms with Gasteiger partial charge in [0.25, 0.3) is 0 Å². The number of thioether (sulfide) groups is 1. The molecule has 0 saturated heterocycles. The Kier molecular flexibility index (Phi) is 5.45. The van der Waals surface area contributed by atoms with Crippen molar-refractivity contribution in [3.63, 3.8) is 0 Å². The molecule has 0 aliphatic heterocycles. The average molecular weight is 342 g/mol. The number of anilines is 1. The first-order chi connectivity index (χ1) is 9.95. The van der Waals surface area contributed by atoms with Crippen LogP contribution in [0, 0.1) is 13.8 Å². The van der Waals surface area contributed by atoms with Gasteiger partial charge >= 0.3 is 0 Å². The average Bonchev–Trinajstić information content (AvgIpc) is 2.40. The highest BCUT2D eigenvalue weighted by atomic mass is 35.5. The number of aromatic nitrogens is 2. The monoisotopic (exact) mass is 341 g/mol. The Bertz CT molecular complexity index is 639. The molecule has 1 heterocycles. The van der Waals surface area contributed by atoms with Crippen molar-refractivity contribution >= 4 is 46.6 Å². The van der Waals surface area contributed by atoms with Gasteiger partial charge in [0.2, 0.25) is 5.91 Å². The highest BCUT2D eigenvalue weighted by Crippen LogP contribution is 2.30. The summed E-state index contributed by atoms with van der Waals surface area (Å²) in [7, 11) is 0. The molecule has 0 radical (unpaired) electrons. The smallest absolute Gasteiger partial charge is 0.234 e. The fourth-order valence-electron chi connectivity index (χ4n) is 1.68. The largest absolute Gasteiger partial charge is 0.323 e. The Morgan fingerprint density at radius 2 is 1.76 bits per heavy atom. The Labute approximate surface area is 137 Å². The minimum Gasteiger partial charge on any atom is -0.323 e. The van der Waals surface area contributed by atoms with Crippen LogP contribution in [0.15, 0.2) is 29.4 Å². The lowest BCUT2D eigenvalue weighted by Gasteiger charge is -2.08. The van der Waals surface area contributed by atoms with E-state index in [1.807, 2.05) is 19.9 Å². The molecule has 0 saturated carbocycles. The zero-order valence-corrected chi connectivity index (χ0v) is 13.8. The van der Waals surface area contributed by atoms with E-state index in [1.54, 1.807) is 18.2 Å². The molecule has 1 N–H and O–H groups in total. The van der Waals surface area contributed by atoms with Gasteiger partial charge in [0.05, 0.1) is 21.5 Å². The van der Waals surface area contributed by atoms with Crippen molar-refractivity contribution in [3.05, 3.63) is 45.7 Å². The van der Waals surface area contributed by atoms with Gasteiger partial charge in [0.15, 0.2) is 5.16 Å². The third kappa shape index (κ3) is 4.59. The highest BCUT2D eigenvalue weighted by Gasteiger charge is 2.11. The summed E-state index contributed by atoms with van der Waals surface area (Å²) >= 11 is 13.3. The van der Waals surface area contributed by atoms with Gasteiger partial charge in [-0.15, -0.1) is 0 Å². The molecule has 0 aliphatic rings. The summed E-state index contributed by atoms with van der Waals surface area (Å²) in [6.45, 7) is 3.78. The second kappa shape index (κ2) is 7.11. The van der Waals surface area contributed by atoms with Crippen molar-refractivity contribution < 1.29 is 4.79 Å². The Morgan fingerprint density at radius 1 is 1.19 bits per heavy atom. The lowest BCUT2D eigenvalue weighted by molar-refractivity contribution is -0.113. The third-order valence-electron chi connectivity index (χ3n) is 2.52. The number of aryl methyl sites for hydroxylation is 2. The van der Waals surface area contributed by atoms with Gasteiger partial charge in [0, 0.05) is 11.4 Å². The maximum atomic E-state index is 12.0. The summed E-state index contributed by atoms with van der Waals surface area (Å²) in [6.07, 6.45) is 0. The van der Waals surface area contributed by atoms with Gasteiger partial charge in [-0.1, -0.05) is 41.0 Å². The van der Waals surface area contributed by atoms with Crippen LogP contribution in [-0.4, -0.2) is 21.6 Å². The molecule has 2 rings (SSSR count). The van der Waals surface area contributed by atoms with Crippen LogP contribution < -0.4 is 5.32 Å². The number of amides is 1. The fourth-order valence-corrected chi connectivity index (χ4v) is 2.92. The maximum Gasteiger partial charge on any atom is 0.234 e. The van der Waals surface area contributed by atoms with E-state index in [2.05, 4.69) is 15.3 Å². The molecule has 0 unspecified atom stereocenters. The number of halogens is 2. The number of nitrogens with zero attached hydrogens (tertiary/aromatic N) is 2. The minimum absolute atomic E-state index is 0.185. The summed E-state index contributed by atoms with van der Waals surface area (Å²) in [6, 6.07) is 6.94. The second-order valence-corrected chi connectivity index (χ2v) is 6.12. The van der Waals surface area contributed by atoms with E-state index in [4.69, 9.17) is 23.2 Å². The molecule has 0 spiro atoms. The van der Waals surface area contributed by atoms with Gasteiger partial charge in [-0.2, -0.15) is 0 Å². The predicted molar refractivity (Wildman–Crippen MR) is 87.3 cm³/mol. The zero-order chi connectivity index (χ0) is 15.4. The van der Waals surface area contributed by atoms with E-state index >= 15 is 0 Å². The molecule has 1 aromatic heterocycles. The summed E-state index contributed by atoms with van der Waals surface area (Å²) in [5.41, 5.74) is 2.17. The summed E-state index contributed by atoms with van der Waals surface area (Å²) in [5, 5.41) is 4.09. The number of hydrogen-bond acceptors (Lipinski definition) is 4. The van der Waals surface area contributed by atoms with E-state index in [0.717, 1.165) is 11.4 Å². The first-order valence-corrected chi connectivity index (χ1v) is 7.89. The van der Waals surface area contributed by atoms with Crippen LogP contribution in [0.2, 0.25) is 10.0 Å². The number of hydrogen-bond donors (Lipinski definition) is 1. The first-order valence-electron chi connectivity index (χ1n) is 6.14. The zero-order valence-electron chi connectivity index (χ0n) is 11.5. The van der Waals surface area contributed by atoms with Crippen LogP contribution in [0.25, 0.3) is 0 Å². The Hall–Kier alpha value is -1.30. The van der Waals surface area contributed by atoms with Crippen LogP contribution in [0.3, 0.4) is 0 Å². The molecule has 2 aromatic rings. The third-order valence-corrected chi connectivity index (χ3v) is 4.00. The van der Waals surface area contributed by atoms with Crippen molar-refractivity contribution in [2.75, 3.05) is 11.1 Å². The van der Waals surface area contributed by atoms with Crippen LogP contribution >= 0.6 is 35.0 Å². The summed E-state index contributed by atoms with van der Waals surface area (Å²) < 4.78 is 0. The van der Waals surface area contributed by atoms with Crippen molar-refractivity contribution in [1.82, 2.24) is 9.97 Å². The molecular formula is C14H13Cl2N3OS. The standard InChI is InChI=1S/C14H13Cl2N3OS/c1-8-6-9(2)18-14(17-8)21-7-12(20)19-13-10(15)4-3-5-11(13)16/h3-6H,7H2,1-2H3,(H,19,20). The number of carbonyl (C=O) groups is 1. The molecule has 21 heavy (non-hydrogen) atoms.